The topological polar surface area (TPSA) is 63.7 Å². The molecule has 1 aliphatic rings. The highest BCUT2D eigenvalue weighted by Crippen LogP contribution is 2.24. The van der Waals surface area contributed by atoms with Crippen molar-refractivity contribution < 1.29 is 22.3 Å². The van der Waals surface area contributed by atoms with E-state index in [1.165, 1.54) is 23.1 Å². The molecule has 1 atom stereocenters. The summed E-state index contributed by atoms with van der Waals surface area (Å²) in [6.45, 7) is 2.86. The highest BCUT2D eigenvalue weighted by atomic mass is 32.2. The van der Waals surface area contributed by atoms with E-state index in [2.05, 4.69) is 0 Å². The Morgan fingerprint density at radius 1 is 1.18 bits per heavy atom. The van der Waals surface area contributed by atoms with Crippen LogP contribution in [0.2, 0.25) is 0 Å². The second-order valence-electron chi connectivity index (χ2n) is 6.96. The second kappa shape index (κ2) is 8.73. The van der Waals surface area contributed by atoms with Gasteiger partial charge in [0.1, 0.15) is 11.6 Å². The zero-order valence-corrected chi connectivity index (χ0v) is 16.6. The minimum absolute atomic E-state index is 0.0442. The van der Waals surface area contributed by atoms with Crippen molar-refractivity contribution in [3.05, 3.63) is 65.5 Å². The van der Waals surface area contributed by atoms with Gasteiger partial charge in [-0.3, -0.25) is 4.79 Å². The van der Waals surface area contributed by atoms with Crippen LogP contribution in [-0.2, 0) is 16.4 Å². The van der Waals surface area contributed by atoms with E-state index in [-0.39, 0.29) is 23.6 Å². The van der Waals surface area contributed by atoms with E-state index in [4.69, 9.17) is 4.74 Å². The van der Waals surface area contributed by atoms with Gasteiger partial charge in [0.05, 0.1) is 23.7 Å². The molecule has 0 unspecified atom stereocenters. The van der Waals surface area contributed by atoms with Crippen LogP contribution in [0.5, 0.6) is 5.75 Å². The van der Waals surface area contributed by atoms with Crippen LogP contribution in [0, 0.1) is 5.82 Å². The third-order valence-corrected chi connectivity index (χ3v) is 6.51. The molecule has 150 valence electrons. The summed E-state index contributed by atoms with van der Waals surface area (Å²) < 4.78 is 43.6. The average Bonchev–Trinajstić information content (AvgIpc) is 3.04. The lowest BCUT2D eigenvalue weighted by atomic mass is 10.1. The van der Waals surface area contributed by atoms with Crippen LogP contribution in [0.4, 0.5) is 4.39 Å². The number of halogens is 1. The zero-order chi connectivity index (χ0) is 20.1. The second-order valence-corrected chi connectivity index (χ2v) is 9.19. The smallest absolute Gasteiger partial charge is 0.257 e. The number of hydrogen-bond acceptors (Lipinski definition) is 4. The van der Waals surface area contributed by atoms with Crippen LogP contribution in [-0.4, -0.2) is 43.4 Å². The monoisotopic (exact) mass is 405 g/mol. The SMILES string of the molecule is CCCOc1ccc(CN(C(=O)c2ccccc2F)[C@@H]2CCS(=O)(=O)C2)cc1. The Morgan fingerprint density at radius 3 is 2.50 bits per heavy atom. The number of sulfone groups is 1. The van der Waals surface area contributed by atoms with Gasteiger partial charge in [-0.15, -0.1) is 0 Å². The Balaban J connectivity index is 1.84. The van der Waals surface area contributed by atoms with Gasteiger partial charge in [0.25, 0.3) is 5.91 Å². The van der Waals surface area contributed by atoms with Gasteiger partial charge in [-0.1, -0.05) is 31.2 Å². The number of carbonyl (C=O) groups is 1. The Bertz CT molecular complexity index is 928. The third kappa shape index (κ3) is 4.90. The van der Waals surface area contributed by atoms with Crippen molar-refractivity contribution in [3.63, 3.8) is 0 Å². The van der Waals surface area contributed by atoms with Gasteiger partial charge >= 0.3 is 0 Å². The standard InChI is InChI=1S/C21H24FNO4S/c1-2-12-27-18-9-7-16(8-10-18)14-23(17-11-13-28(25,26)15-17)21(24)19-5-3-4-6-20(19)22/h3-10,17H,2,11-15H2,1H3/t17-/m1/s1. The van der Waals surface area contributed by atoms with Crippen LogP contribution in [0.1, 0.15) is 35.7 Å². The first kappa shape index (κ1) is 20.3. The number of carbonyl (C=O) groups excluding carboxylic acids is 1. The van der Waals surface area contributed by atoms with Gasteiger partial charge in [0.15, 0.2) is 9.84 Å². The summed E-state index contributed by atoms with van der Waals surface area (Å²) in [5.41, 5.74) is 0.785. The molecule has 1 aliphatic heterocycles. The molecule has 0 radical (unpaired) electrons. The van der Waals surface area contributed by atoms with Gasteiger partial charge in [0, 0.05) is 12.6 Å². The number of benzene rings is 2. The van der Waals surface area contributed by atoms with E-state index in [1.807, 2.05) is 31.2 Å². The lowest BCUT2D eigenvalue weighted by molar-refractivity contribution is 0.0676. The van der Waals surface area contributed by atoms with Crippen molar-refractivity contribution in [2.75, 3.05) is 18.1 Å². The van der Waals surface area contributed by atoms with Gasteiger partial charge < -0.3 is 9.64 Å². The van der Waals surface area contributed by atoms with Crippen LogP contribution in [0.15, 0.2) is 48.5 Å². The number of hydrogen-bond donors (Lipinski definition) is 0. The maximum absolute atomic E-state index is 14.2. The van der Waals surface area contributed by atoms with E-state index in [1.54, 1.807) is 6.07 Å². The van der Waals surface area contributed by atoms with Gasteiger partial charge in [-0.2, -0.15) is 0 Å². The quantitative estimate of drug-likeness (QED) is 0.708. The van der Waals surface area contributed by atoms with E-state index in [0.29, 0.717) is 13.0 Å². The summed E-state index contributed by atoms with van der Waals surface area (Å²) in [6.07, 6.45) is 1.27. The minimum atomic E-state index is -3.18. The molecular formula is C21H24FNO4S. The van der Waals surface area contributed by atoms with Crippen LogP contribution >= 0.6 is 0 Å². The molecule has 2 aromatic carbocycles. The first-order valence-electron chi connectivity index (χ1n) is 9.37. The number of amides is 1. The summed E-state index contributed by atoms with van der Waals surface area (Å²) >= 11 is 0. The van der Waals surface area contributed by atoms with Crippen molar-refractivity contribution in [3.8, 4) is 5.75 Å². The predicted molar refractivity (Wildman–Crippen MR) is 106 cm³/mol. The molecule has 1 saturated heterocycles. The number of ether oxygens (including phenoxy) is 1. The third-order valence-electron chi connectivity index (χ3n) is 4.76. The molecule has 1 heterocycles. The molecular weight excluding hydrogens is 381 g/mol. The van der Waals surface area contributed by atoms with Crippen molar-refractivity contribution in [1.29, 1.82) is 0 Å². The molecule has 3 rings (SSSR count). The van der Waals surface area contributed by atoms with Crippen molar-refractivity contribution in [2.45, 2.75) is 32.4 Å². The molecule has 7 heteroatoms. The van der Waals surface area contributed by atoms with Crippen molar-refractivity contribution >= 4 is 15.7 Å². The maximum Gasteiger partial charge on any atom is 0.257 e. The first-order valence-corrected chi connectivity index (χ1v) is 11.2. The zero-order valence-electron chi connectivity index (χ0n) is 15.8. The van der Waals surface area contributed by atoms with Crippen LogP contribution in [0.3, 0.4) is 0 Å². The summed E-state index contributed by atoms with van der Waals surface area (Å²) in [5.74, 6) is -0.415. The van der Waals surface area contributed by atoms with E-state index in [9.17, 15) is 17.6 Å². The molecule has 28 heavy (non-hydrogen) atoms. The molecule has 0 N–H and O–H groups in total. The van der Waals surface area contributed by atoms with E-state index in [0.717, 1.165) is 17.7 Å². The summed E-state index contributed by atoms with van der Waals surface area (Å²) in [6, 6.07) is 12.6. The minimum Gasteiger partial charge on any atom is -0.494 e. The molecule has 2 aromatic rings. The fraction of sp³-hybridized carbons (Fsp3) is 0.381. The van der Waals surface area contributed by atoms with Gasteiger partial charge in [-0.05, 0) is 42.7 Å². The Kier molecular flexibility index (Phi) is 6.34. The van der Waals surface area contributed by atoms with Crippen LogP contribution in [0.25, 0.3) is 0 Å². The molecule has 1 fully saturated rings. The lowest BCUT2D eigenvalue weighted by Crippen LogP contribution is -2.41. The Hall–Kier alpha value is -2.41. The van der Waals surface area contributed by atoms with Crippen molar-refractivity contribution in [1.82, 2.24) is 4.90 Å². The highest BCUT2D eigenvalue weighted by molar-refractivity contribution is 7.91. The fourth-order valence-corrected chi connectivity index (χ4v) is 5.02. The van der Waals surface area contributed by atoms with Crippen LogP contribution < -0.4 is 4.74 Å². The summed E-state index contributed by atoms with van der Waals surface area (Å²) in [7, 11) is -3.18. The normalized spacial score (nSPS) is 18.0. The van der Waals surface area contributed by atoms with Crippen molar-refractivity contribution in [2.24, 2.45) is 0 Å². The Labute approximate surface area is 165 Å². The highest BCUT2D eigenvalue weighted by Gasteiger charge is 2.35. The molecule has 5 nitrogen and oxygen atoms in total. The first-order chi connectivity index (χ1) is 13.4. The lowest BCUT2D eigenvalue weighted by Gasteiger charge is -2.28. The van der Waals surface area contributed by atoms with Gasteiger partial charge in [0.2, 0.25) is 0 Å². The predicted octanol–water partition coefficient (Wildman–Crippen LogP) is 3.44. The fourth-order valence-electron chi connectivity index (χ4n) is 3.28. The van der Waals surface area contributed by atoms with E-state index < -0.39 is 27.6 Å². The molecule has 0 aromatic heterocycles. The molecule has 0 saturated carbocycles. The largest absolute Gasteiger partial charge is 0.494 e. The Morgan fingerprint density at radius 2 is 1.89 bits per heavy atom. The number of rotatable bonds is 7. The summed E-state index contributed by atoms with van der Waals surface area (Å²) in [5, 5.41) is 0. The molecule has 0 spiro atoms. The average molecular weight is 405 g/mol. The maximum atomic E-state index is 14.2. The molecule has 1 amide bonds. The number of nitrogens with zero attached hydrogens (tertiary/aromatic N) is 1. The van der Waals surface area contributed by atoms with Gasteiger partial charge in [-0.25, -0.2) is 12.8 Å². The van der Waals surface area contributed by atoms with E-state index >= 15 is 0 Å². The summed E-state index contributed by atoms with van der Waals surface area (Å²) in [4.78, 5) is 14.5. The molecule has 0 bridgehead atoms. The molecule has 0 aliphatic carbocycles.